The number of allylic oxidation sites excluding steroid dienone is 2. The summed E-state index contributed by atoms with van der Waals surface area (Å²) in [4.78, 5) is 19.5. The first-order valence-corrected chi connectivity index (χ1v) is 10.8. The van der Waals surface area contributed by atoms with Crippen LogP contribution in [-0.2, 0) is 9.53 Å². The number of ketones is 1. The molecule has 158 valence electrons. The molecule has 0 N–H and O–H groups in total. The Balaban J connectivity index is 2.31. The number of carbonyl (C=O) groups excluding carboxylic acids is 1. The fourth-order valence-electron chi connectivity index (χ4n) is 3.60. The molecule has 0 fully saturated rings. The highest BCUT2D eigenvalue weighted by Crippen LogP contribution is 2.23. The van der Waals surface area contributed by atoms with E-state index in [2.05, 4.69) is 37.5 Å². The molecule has 0 unspecified atom stereocenters. The van der Waals surface area contributed by atoms with Crippen LogP contribution in [0.3, 0.4) is 0 Å². The molecule has 2 rings (SSSR count). The first-order chi connectivity index (χ1) is 14.1. The Morgan fingerprint density at radius 2 is 2.03 bits per heavy atom. The summed E-state index contributed by atoms with van der Waals surface area (Å²) in [7, 11) is 1.72. The number of rotatable bonds is 11. The van der Waals surface area contributed by atoms with Crippen molar-refractivity contribution in [3.63, 3.8) is 0 Å². The molecule has 2 atom stereocenters. The van der Waals surface area contributed by atoms with Crippen molar-refractivity contribution < 1.29 is 9.53 Å². The largest absolute Gasteiger partial charge is 0.382 e. The zero-order valence-corrected chi connectivity index (χ0v) is 18.2. The van der Waals surface area contributed by atoms with E-state index in [1.54, 1.807) is 13.2 Å². The van der Waals surface area contributed by atoms with Crippen molar-refractivity contribution in [2.24, 2.45) is 10.9 Å². The van der Waals surface area contributed by atoms with E-state index in [9.17, 15) is 4.79 Å². The number of ether oxygens (including phenoxy) is 1. The number of hydrogen-bond donors (Lipinski definition) is 0. The van der Waals surface area contributed by atoms with Crippen molar-refractivity contribution >= 4 is 11.6 Å². The van der Waals surface area contributed by atoms with Crippen molar-refractivity contribution in [2.75, 3.05) is 13.7 Å². The number of methoxy groups -OCH3 is 1. The fourth-order valence-corrected chi connectivity index (χ4v) is 3.60. The molecule has 4 nitrogen and oxygen atoms in total. The van der Waals surface area contributed by atoms with Crippen molar-refractivity contribution in [2.45, 2.75) is 64.5 Å². The summed E-state index contributed by atoms with van der Waals surface area (Å²) in [6.07, 6.45) is 11.6. The van der Waals surface area contributed by atoms with E-state index in [-0.39, 0.29) is 17.9 Å². The van der Waals surface area contributed by atoms with Crippen LogP contribution in [-0.4, -0.2) is 42.3 Å². The Morgan fingerprint density at radius 1 is 1.28 bits per heavy atom. The van der Waals surface area contributed by atoms with Gasteiger partial charge in [-0.3, -0.25) is 9.79 Å². The third-order valence-electron chi connectivity index (χ3n) is 5.37. The Morgan fingerprint density at radius 3 is 2.69 bits per heavy atom. The van der Waals surface area contributed by atoms with Gasteiger partial charge in [-0.25, -0.2) is 0 Å². The van der Waals surface area contributed by atoms with Crippen molar-refractivity contribution in [1.29, 1.82) is 0 Å². The number of carbonyl (C=O) groups is 1. The van der Waals surface area contributed by atoms with Crippen LogP contribution in [0.2, 0.25) is 0 Å². The number of nitrogens with zero attached hydrogens (tertiary/aromatic N) is 2. The van der Waals surface area contributed by atoms with Gasteiger partial charge in [0, 0.05) is 31.3 Å². The van der Waals surface area contributed by atoms with Gasteiger partial charge in [0.25, 0.3) is 0 Å². The highest BCUT2D eigenvalue weighted by atomic mass is 16.5. The lowest BCUT2D eigenvalue weighted by Crippen LogP contribution is -2.41. The molecule has 0 amide bonds. The molecule has 1 aromatic carbocycles. The number of aliphatic imine (C=N–C) groups is 1. The van der Waals surface area contributed by atoms with Crippen LogP contribution in [0, 0.1) is 5.92 Å². The van der Waals surface area contributed by atoms with E-state index in [4.69, 9.17) is 9.73 Å². The first-order valence-electron chi connectivity index (χ1n) is 10.8. The van der Waals surface area contributed by atoms with E-state index < -0.39 is 0 Å². The van der Waals surface area contributed by atoms with Gasteiger partial charge in [-0.15, -0.1) is 6.58 Å². The van der Waals surface area contributed by atoms with Gasteiger partial charge in [-0.1, -0.05) is 63.1 Å². The summed E-state index contributed by atoms with van der Waals surface area (Å²) in [5.41, 5.74) is 1.07. The lowest BCUT2D eigenvalue weighted by Gasteiger charge is -2.35. The zero-order valence-electron chi connectivity index (χ0n) is 18.2. The number of amidine groups is 1. The van der Waals surface area contributed by atoms with Gasteiger partial charge in [-0.05, 0) is 31.3 Å². The highest BCUT2D eigenvalue weighted by molar-refractivity contribution is 6.02. The Kier molecular flexibility index (Phi) is 9.85. The summed E-state index contributed by atoms with van der Waals surface area (Å²) in [5, 5.41) is 0. The van der Waals surface area contributed by atoms with Crippen LogP contribution in [0.1, 0.15) is 57.9 Å². The summed E-state index contributed by atoms with van der Waals surface area (Å²) in [6, 6.07) is 10.5. The van der Waals surface area contributed by atoms with Gasteiger partial charge in [0.15, 0.2) is 5.78 Å². The number of unbranched alkanes of at least 4 members (excludes halogenated alkanes) is 3. The van der Waals surface area contributed by atoms with Gasteiger partial charge in [-0.2, -0.15) is 0 Å². The summed E-state index contributed by atoms with van der Waals surface area (Å²) in [6.45, 7) is 8.71. The topological polar surface area (TPSA) is 41.9 Å². The lowest BCUT2D eigenvalue weighted by atomic mass is 9.97. The molecule has 0 spiro atoms. The molecule has 0 radical (unpaired) electrons. The molecule has 0 bridgehead atoms. The maximum absolute atomic E-state index is 12.2. The van der Waals surface area contributed by atoms with Gasteiger partial charge in [0.1, 0.15) is 5.84 Å². The van der Waals surface area contributed by atoms with Crippen LogP contribution >= 0.6 is 0 Å². The molecular formula is C25H36N2O2. The SMILES string of the molecule is C=CCCCCC[C@@H]1CC(=O)C=CN1C(=N[C@H](COC)C(C)C)c1ccccc1. The number of benzene rings is 1. The molecule has 1 aliphatic rings. The average Bonchev–Trinajstić information content (AvgIpc) is 2.72. The van der Waals surface area contributed by atoms with Gasteiger partial charge >= 0.3 is 0 Å². The summed E-state index contributed by atoms with van der Waals surface area (Å²) >= 11 is 0. The highest BCUT2D eigenvalue weighted by Gasteiger charge is 2.27. The van der Waals surface area contributed by atoms with Crippen LogP contribution in [0.5, 0.6) is 0 Å². The smallest absolute Gasteiger partial charge is 0.159 e. The second-order valence-electron chi connectivity index (χ2n) is 8.06. The van der Waals surface area contributed by atoms with E-state index in [0.717, 1.165) is 43.5 Å². The van der Waals surface area contributed by atoms with Crippen molar-refractivity contribution in [3.8, 4) is 0 Å². The number of hydrogen-bond acceptors (Lipinski definition) is 3. The fraction of sp³-hybridized carbons (Fsp3) is 0.520. The average molecular weight is 397 g/mol. The second kappa shape index (κ2) is 12.4. The van der Waals surface area contributed by atoms with E-state index >= 15 is 0 Å². The molecule has 0 aromatic heterocycles. The minimum absolute atomic E-state index is 0.0643. The van der Waals surface area contributed by atoms with E-state index in [0.29, 0.717) is 18.9 Å². The van der Waals surface area contributed by atoms with Gasteiger partial charge in [0.05, 0.1) is 12.6 Å². The molecule has 0 aliphatic carbocycles. The van der Waals surface area contributed by atoms with Gasteiger partial charge < -0.3 is 9.64 Å². The molecule has 1 aliphatic heterocycles. The predicted molar refractivity (Wildman–Crippen MR) is 121 cm³/mol. The second-order valence-corrected chi connectivity index (χ2v) is 8.06. The van der Waals surface area contributed by atoms with Crippen LogP contribution < -0.4 is 0 Å². The molecule has 4 heteroatoms. The minimum Gasteiger partial charge on any atom is -0.382 e. The first kappa shape index (κ1) is 23.1. The lowest BCUT2D eigenvalue weighted by molar-refractivity contribution is -0.116. The Labute approximate surface area is 176 Å². The third kappa shape index (κ3) is 7.28. The Bertz CT molecular complexity index is 694. The van der Waals surface area contributed by atoms with E-state index in [1.807, 2.05) is 30.5 Å². The van der Waals surface area contributed by atoms with Crippen LogP contribution in [0.15, 0.2) is 60.3 Å². The minimum atomic E-state index is 0.0643. The quantitative estimate of drug-likeness (QED) is 0.218. The summed E-state index contributed by atoms with van der Waals surface area (Å²) < 4.78 is 5.43. The monoisotopic (exact) mass is 396 g/mol. The molecule has 0 saturated heterocycles. The van der Waals surface area contributed by atoms with Crippen LogP contribution in [0.25, 0.3) is 0 Å². The predicted octanol–water partition coefficient (Wildman–Crippen LogP) is 5.40. The standard InChI is InChI=1S/C25H36N2O2/c1-5-6-7-8-12-15-22-18-23(28)16-17-27(22)25(21-13-10-9-11-14-21)26-24(19-29-4)20(2)3/h5,9-11,13-14,16-17,20,22,24H,1,6-8,12,15,18-19H2,2-4H3/t22-,24-/m1/s1. The summed E-state index contributed by atoms with van der Waals surface area (Å²) in [5.74, 6) is 1.49. The molecule has 29 heavy (non-hydrogen) atoms. The maximum Gasteiger partial charge on any atom is 0.159 e. The van der Waals surface area contributed by atoms with Crippen molar-refractivity contribution in [3.05, 3.63) is 60.8 Å². The molecular weight excluding hydrogens is 360 g/mol. The van der Waals surface area contributed by atoms with Crippen LogP contribution in [0.4, 0.5) is 0 Å². The normalized spacial score (nSPS) is 18.3. The molecule has 0 saturated carbocycles. The Hall–Kier alpha value is -2.20. The molecule has 1 heterocycles. The van der Waals surface area contributed by atoms with Gasteiger partial charge in [0.2, 0.25) is 0 Å². The molecule has 1 aromatic rings. The van der Waals surface area contributed by atoms with E-state index in [1.165, 1.54) is 0 Å². The zero-order chi connectivity index (χ0) is 21.1. The van der Waals surface area contributed by atoms with Crippen molar-refractivity contribution in [1.82, 2.24) is 4.90 Å². The third-order valence-corrected chi connectivity index (χ3v) is 5.37. The maximum atomic E-state index is 12.2.